The summed E-state index contributed by atoms with van der Waals surface area (Å²) in [6, 6.07) is 6.33. The minimum absolute atomic E-state index is 0.129. The zero-order chi connectivity index (χ0) is 14.4. The zero-order valence-corrected chi connectivity index (χ0v) is 11.6. The van der Waals surface area contributed by atoms with Gasteiger partial charge in [-0.25, -0.2) is 4.39 Å². The van der Waals surface area contributed by atoms with E-state index in [1.807, 2.05) is 4.90 Å². The quantitative estimate of drug-likeness (QED) is 0.774. The Labute approximate surface area is 119 Å². The molecule has 0 spiro atoms. The fourth-order valence-corrected chi connectivity index (χ4v) is 2.42. The van der Waals surface area contributed by atoms with Gasteiger partial charge < -0.3 is 9.64 Å². The molecule has 1 aromatic rings. The van der Waals surface area contributed by atoms with E-state index in [9.17, 15) is 9.18 Å². The van der Waals surface area contributed by atoms with Gasteiger partial charge >= 0.3 is 0 Å². The number of amides is 1. The second-order valence-electron chi connectivity index (χ2n) is 4.99. The molecule has 0 aliphatic carbocycles. The smallest absolute Gasteiger partial charge is 0.226 e. The number of hydrogen-bond donors (Lipinski definition) is 0. The van der Waals surface area contributed by atoms with E-state index < -0.39 is 0 Å². The van der Waals surface area contributed by atoms with Crippen molar-refractivity contribution in [3.8, 4) is 0 Å². The van der Waals surface area contributed by atoms with Crippen molar-refractivity contribution in [1.29, 1.82) is 0 Å². The number of halogens is 1. The van der Waals surface area contributed by atoms with Crippen LogP contribution in [0.3, 0.4) is 0 Å². The first-order valence-electron chi connectivity index (χ1n) is 6.92. The summed E-state index contributed by atoms with van der Waals surface area (Å²) >= 11 is 0. The lowest BCUT2D eigenvalue weighted by molar-refractivity contribution is -0.139. The summed E-state index contributed by atoms with van der Waals surface area (Å²) in [5.74, 6) is -0.248. The molecule has 4 heteroatoms. The Hall–Kier alpha value is -1.68. The molecule has 1 aliphatic heterocycles. The van der Waals surface area contributed by atoms with Crippen molar-refractivity contribution in [3.05, 3.63) is 48.3 Å². The van der Waals surface area contributed by atoms with E-state index >= 15 is 0 Å². The summed E-state index contributed by atoms with van der Waals surface area (Å²) in [4.78, 5) is 14.4. The Balaban J connectivity index is 2.03. The van der Waals surface area contributed by atoms with Gasteiger partial charge in [-0.3, -0.25) is 4.79 Å². The Morgan fingerprint density at radius 1 is 1.35 bits per heavy atom. The molecule has 1 unspecified atom stereocenters. The summed E-state index contributed by atoms with van der Waals surface area (Å²) in [5, 5.41) is 0. The van der Waals surface area contributed by atoms with Crippen molar-refractivity contribution in [2.45, 2.75) is 12.8 Å². The van der Waals surface area contributed by atoms with Crippen LogP contribution < -0.4 is 0 Å². The summed E-state index contributed by atoms with van der Waals surface area (Å²) in [6.07, 6.45) is 3.02. The molecule has 3 nitrogen and oxygen atoms in total. The molecule has 0 bridgehead atoms. The van der Waals surface area contributed by atoms with Crippen molar-refractivity contribution in [2.24, 2.45) is 5.92 Å². The molecule has 0 saturated carbocycles. The van der Waals surface area contributed by atoms with E-state index in [4.69, 9.17) is 4.74 Å². The standard InChI is InChI=1S/C16H20FNO2/c1-2-3-14(12-13-4-6-15(17)7-5-13)16(19)18-8-10-20-11-9-18/h2,4-7,14H,1,3,8-12H2. The molecular formula is C16H20FNO2. The number of ether oxygens (including phenoxy) is 1. The SMILES string of the molecule is C=CCC(Cc1ccc(F)cc1)C(=O)N1CCOCC1. The number of morpholine rings is 1. The zero-order valence-electron chi connectivity index (χ0n) is 11.6. The van der Waals surface area contributed by atoms with Gasteiger partial charge in [-0.2, -0.15) is 0 Å². The maximum absolute atomic E-state index is 12.9. The molecule has 1 amide bonds. The summed E-state index contributed by atoms with van der Waals surface area (Å²) in [7, 11) is 0. The van der Waals surface area contributed by atoms with Crippen LogP contribution >= 0.6 is 0 Å². The normalized spacial score (nSPS) is 16.8. The van der Waals surface area contributed by atoms with Gasteiger partial charge in [-0.1, -0.05) is 18.2 Å². The van der Waals surface area contributed by atoms with Crippen LogP contribution in [0.25, 0.3) is 0 Å². The first-order valence-corrected chi connectivity index (χ1v) is 6.92. The van der Waals surface area contributed by atoms with E-state index in [0.29, 0.717) is 39.1 Å². The second-order valence-corrected chi connectivity index (χ2v) is 4.99. The number of benzene rings is 1. The van der Waals surface area contributed by atoms with Crippen molar-refractivity contribution >= 4 is 5.91 Å². The molecule has 2 rings (SSSR count). The van der Waals surface area contributed by atoms with E-state index in [2.05, 4.69) is 6.58 Å². The topological polar surface area (TPSA) is 29.5 Å². The minimum atomic E-state index is -0.256. The maximum Gasteiger partial charge on any atom is 0.226 e. The first-order chi connectivity index (χ1) is 9.70. The summed E-state index contributed by atoms with van der Waals surface area (Å²) in [5.41, 5.74) is 0.972. The highest BCUT2D eigenvalue weighted by Gasteiger charge is 2.25. The van der Waals surface area contributed by atoms with Crippen LogP contribution in [0, 0.1) is 11.7 Å². The van der Waals surface area contributed by atoms with Crippen LogP contribution in [0.15, 0.2) is 36.9 Å². The molecule has 1 atom stereocenters. The van der Waals surface area contributed by atoms with Gasteiger partial charge in [0.25, 0.3) is 0 Å². The van der Waals surface area contributed by atoms with Gasteiger partial charge in [-0.15, -0.1) is 6.58 Å². The number of allylic oxidation sites excluding steroid dienone is 1. The number of hydrogen-bond acceptors (Lipinski definition) is 2. The number of rotatable bonds is 5. The number of carbonyl (C=O) groups is 1. The minimum Gasteiger partial charge on any atom is -0.378 e. The molecule has 0 aromatic heterocycles. The Morgan fingerprint density at radius 2 is 2.00 bits per heavy atom. The molecule has 0 N–H and O–H groups in total. The van der Waals surface area contributed by atoms with Gasteiger partial charge in [0, 0.05) is 19.0 Å². The Kier molecular flexibility index (Phi) is 5.30. The van der Waals surface area contributed by atoms with Gasteiger partial charge in [0.1, 0.15) is 5.82 Å². The monoisotopic (exact) mass is 277 g/mol. The third kappa shape index (κ3) is 3.90. The van der Waals surface area contributed by atoms with Crippen LogP contribution in [-0.2, 0) is 16.0 Å². The molecule has 1 heterocycles. The second kappa shape index (κ2) is 7.20. The fourth-order valence-electron chi connectivity index (χ4n) is 2.42. The van der Waals surface area contributed by atoms with Crippen LogP contribution in [-0.4, -0.2) is 37.1 Å². The highest BCUT2D eigenvalue weighted by Crippen LogP contribution is 2.17. The van der Waals surface area contributed by atoms with Crippen molar-refractivity contribution in [3.63, 3.8) is 0 Å². The van der Waals surface area contributed by atoms with E-state index in [1.54, 1.807) is 18.2 Å². The van der Waals surface area contributed by atoms with E-state index in [1.165, 1.54) is 12.1 Å². The van der Waals surface area contributed by atoms with Crippen LogP contribution in [0.2, 0.25) is 0 Å². The van der Waals surface area contributed by atoms with Gasteiger partial charge in [0.2, 0.25) is 5.91 Å². The van der Waals surface area contributed by atoms with Gasteiger partial charge in [-0.05, 0) is 30.5 Å². The maximum atomic E-state index is 12.9. The molecular weight excluding hydrogens is 257 g/mol. The molecule has 108 valence electrons. The predicted octanol–water partition coefficient (Wildman–Crippen LogP) is 2.42. The first kappa shape index (κ1) is 14.7. The average molecular weight is 277 g/mol. The van der Waals surface area contributed by atoms with Gasteiger partial charge in [0.15, 0.2) is 0 Å². The lowest BCUT2D eigenvalue weighted by Crippen LogP contribution is -2.44. The van der Waals surface area contributed by atoms with Crippen molar-refractivity contribution in [2.75, 3.05) is 26.3 Å². The lowest BCUT2D eigenvalue weighted by Gasteiger charge is -2.30. The molecule has 1 saturated heterocycles. The molecule has 1 aliphatic rings. The lowest BCUT2D eigenvalue weighted by atomic mass is 9.94. The van der Waals surface area contributed by atoms with E-state index in [-0.39, 0.29) is 17.6 Å². The molecule has 20 heavy (non-hydrogen) atoms. The highest BCUT2D eigenvalue weighted by molar-refractivity contribution is 5.79. The summed E-state index contributed by atoms with van der Waals surface area (Å²) in [6.45, 7) is 6.23. The molecule has 0 radical (unpaired) electrons. The van der Waals surface area contributed by atoms with Crippen LogP contribution in [0.5, 0.6) is 0 Å². The largest absolute Gasteiger partial charge is 0.378 e. The highest BCUT2D eigenvalue weighted by atomic mass is 19.1. The Morgan fingerprint density at radius 3 is 2.60 bits per heavy atom. The van der Waals surface area contributed by atoms with Gasteiger partial charge in [0.05, 0.1) is 13.2 Å². The Bertz CT molecular complexity index is 452. The van der Waals surface area contributed by atoms with Crippen LogP contribution in [0.4, 0.5) is 4.39 Å². The van der Waals surface area contributed by atoms with Crippen LogP contribution in [0.1, 0.15) is 12.0 Å². The van der Waals surface area contributed by atoms with E-state index in [0.717, 1.165) is 5.56 Å². The number of nitrogens with zero attached hydrogens (tertiary/aromatic N) is 1. The third-order valence-electron chi connectivity index (χ3n) is 3.52. The molecule has 1 aromatic carbocycles. The summed E-state index contributed by atoms with van der Waals surface area (Å²) < 4.78 is 18.2. The third-order valence-corrected chi connectivity index (χ3v) is 3.52. The molecule has 1 fully saturated rings. The number of carbonyl (C=O) groups excluding carboxylic acids is 1. The average Bonchev–Trinajstić information content (AvgIpc) is 2.49. The van der Waals surface area contributed by atoms with Crippen molar-refractivity contribution in [1.82, 2.24) is 4.90 Å². The fraction of sp³-hybridized carbons (Fsp3) is 0.438. The predicted molar refractivity (Wildman–Crippen MR) is 75.8 cm³/mol. The van der Waals surface area contributed by atoms with Crippen molar-refractivity contribution < 1.29 is 13.9 Å².